The number of benzene rings is 1. The molecule has 0 saturated carbocycles. The highest BCUT2D eigenvalue weighted by atomic mass is 35.5. The lowest BCUT2D eigenvalue weighted by Crippen LogP contribution is -1.99. The van der Waals surface area contributed by atoms with E-state index in [1.807, 2.05) is 0 Å². The molecule has 1 aromatic heterocycles. The SMILES string of the molecule is O=[N+]([O-])c1ccc2c(Cl)nn(C(F)F)c2c1. The molecular weight excluding hydrogens is 244 g/mol. The van der Waals surface area contributed by atoms with Crippen LogP contribution in [0.25, 0.3) is 10.9 Å². The molecule has 0 amide bonds. The Labute approximate surface area is 92.4 Å². The molecule has 0 aliphatic carbocycles. The van der Waals surface area contributed by atoms with Gasteiger partial charge >= 0.3 is 6.55 Å². The van der Waals surface area contributed by atoms with Gasteiger partial charge in [-0.15, -0.1) is 0 Å². The van der Waals surface area contributed by atoms with Gasteiger partial charge in [-0.3, -0.25) is 10.1 Å². The lowest BCUT2D eigenvalue weighted by molar-refractivity contribution is -0.384. The summed E-state index contributed by atoms with van der Waals surface area (Å²) in [4.78, 5) is 9.82. The Morgan fingerprint density at radius 3 is 2.75 bits per heavy atom. The van der Waals surface area contributed by atoms with E-state index in [0.717, 1.165) is 6.07 Å². The second-order valence-corrected chi connectivity index (χ2v) is 3.33. The van der Waals surface area contributed by atoms with Crippen LogP contribution in [0.15, 0.2) is 18.2 Å². The van der Waals surface area contributed by atoms with E-state index >= 15 is 0 Å². The van der Waals surface area contributed by atoms with E-state index in [-0.39, 0.29) is 21.7 Å². The van der Waals surface area contributed by atoms with E-state index in [9.17, 15) is 18.9 Å². The molecule has 8 heteroatoms. The number of nitrogens with zero attached hydrogens (tertiary/aromatic N) is 3. The van der Waals surface area contributed by atoms with Gasteiger partial charge in [-0.25, -0.2) is 4.68 Å². The minimum absolute atomic E-state index is 0.0609. The zero-order valence-electron chi connectivity index (χ0n) is 7.60. The molecule has 0 saturated heterocycles. The quantitative estimate of drug-likeness (QED) is 0.605. The number of hydrogen-bond donors (Lipinski definition) is 0. The van der Waals surface area contributed by atoms with Crippen LogP contribution in [0.4, 0.5) is 14.5 Å². The molecule has 2 rings (SSSR count). The molecule has 0 N–H and O–H groups in total. The summed E-state index contributed by atoms with van der Waals surface area (Å²) >= 11 is 5.62. The van der Waals surface area contributed by atoms with Gasteiger partial charge in [0.05, 0.1) is 10.4 Å². The van der Waals surface area contributed by atoms with Gasteiger partial charge in [0, 0.05) is 17.5 Å². The summed E-state index contributed by atoms with van der Waals surface area (Å²) in [6.45, 7) is -2.89. The van der Waals surface area contributed by atoms with E-state index in [1.165, 1.54) is 12.1 Å². The van der Waals surface area contributed by atoms with E-state index in [1.54, 1.807) is 0 Å². The number of hydrogen-bond acceptors (Lipinski definition) is 3. The van der Waals surface area contributed by atoms with Crippen LogP contribution in [0.5, 0.6) is 0 Å². The smallest absolute Gasteiger partial charge is 0.258 e. The van der Waals surface area contributed by atoms with Crippen molar-refractivity contribution < 1.29 is 13.7 Å². The predicted octanol–water partition coefficient (Wildman–Crippen LogP) is 2.99. The maximum absolute atomic E-state index is 12.5. The average Bonchev–Trinajstić information content (AvgIpc) is 2.56. The molecule has 0 atom stereocenters. The molecule has 0 spiro atoms. The van der Waals surface area contributed by atoms with Gasteiger partial charge in [0.1, 0.15) is 0 Å². The summed E-state index contributed by atoms with van der Waals surface area (Å²) in [6, 6.07) is 3.49. The number of alkyl halides is 2. The molecule has 0 bridgehead atoms. The number of halogens is 3. The van der Waals surface area contributed by atoms with Crippen LogP contribution in [-0.2, 0) is 0 Å². The van der Waals surface area contributed by atoms with Crippen molar-refractivity contribution in [3.8, 4) is 0 Å². The summed E-state index contributed by atoms with van der Waals surface area (Å²) in [5.41, 5.74) is -0.347. The third-order valence-corrected chi connectivity index (χ3v) is 2.32. The fourth-order valence-corrected chi connectivity index (χ4v) is 1.59. The molecule has 84 valence electrons. The van der Waals surface area contributed by atoms with Gasteiger partial charge in [-0.1, -0.05) is 11.6 Å². The van der Waals surface area contributed by atoms with Crippen molar-refractivity contribution >= 4 is 28.2 Å². The zero-order valence-corrected chi connectivity index (χ0v) is 8.36. The van der Waals surface area contributed by atoms with Gasteiger partial charge in [-0.2, -0.15) is 13.9 Å². The predicted molar refractivity (Wildman–Crippen MR) is 52.7 cm³/mol. The highest BCUT2D eigenvalue weighted by Gasteiger charge is 2.18. The Balaban J connectivity index is 2.74. The van der Waals surface area contributed by atoms with Gasteiger partial charge in [-0.05, 0) is 6.07 Å². The molecule has 5 nitrogen and oxygen atoms in total. The largest absolute Gasteiger partial charge is 0.333 e. The summed E-state index contributed by atoms with van der Waals surface area (Å²) in [7, 11) is 0. The van der Waals surface area contributed by atoms with Crippen molar-refractivity contribution in [2.24, 2.45) is 0 Å². The third kappa shape index (κ3) is 1.58. The Morgan fingerprint density at radius 1 is 1.50 bits per heavy atom. The summed E-state index contributed by atoms with van der Waals surface area (Å²) in [5, 5.41) is 14.0. The van der Waals surface area contributed by atoms with Crippen LogP contribution in [-0.4, -0.2) is 14.7 Å². The number of nitro groups is 1. The van der Waals surface area contributed by atoms with Gasteiger partial charge < -0.3 is 0 Å². The fourth-order valence-electron chi connectivity index (χ4n) is 1.35. The number of non-ortho nitro benzene ring substituents is 1. The standard InChI is InChI=1S/C8H4ClF2N3O2/c9-7-5-2-1-4(14(15)16)3-6(5)13(12-7)8(10)11/h1-3,8H. The van der Waals surface area contributed by atoms with Gasteiger partial charge in [0.15, 0.2) is 5.15 Å². The van der Waals surface area contributed by atoms with Crippen LogP contribution in [0.1, 0.15) is 6.55 Å². The Kier molecular flexibility index (Phi) is 2.47. The van der Waals surface area contributed by atoms with Crippen molar-refractivity contribution in [1.29, 1.82) is 0 Å². The Hall–Kier alpha value is -1.76. The topological polar surface area (TPSA) is 61.0 Å². The van der Waals surface area contributed by atoms with Crippen LogP contribution in [0.2, 0.25) is 5.15 Å². The first kappa shape index (κ1) is 10.7. The van der Waals surface area contributed by atoms with Crippen molar-refractivity contribution in [2.45, 2.75) is 6.55 Å². The van der Waals surface area contributed by atoms with Crippen LogP contribution in [0, 0.1) is 10.1 Å². The highest BCUT2D eigenvalue weighted by Crippen LogP contribution is 2.29. The van der Waals surface area contributed by atoms with E-state index in [4.69, 9.17) is 11.6 Å². The molecule has 0 fully saturated rings. The van der Waals surface area contributed by atoms with Crippen molar-refractivity contribution in [3.05, 3.63) is 33.5 Å². The first-order valence-corrected chi connectivity index (χ1v) is 4.49. The number of fused-ring (bicyclic) bond motifs is 1. The molecule has 1 aromatic carbocycles. The number of aromatic nitrogens is 2. The second kappa shape index (κ2) is 3.67. The van der Waals surface area contributed by atoms with Crippen LogP contribution >= 0.6 is 11.6 Å². The normalized spacial score (nSPS) is 11.2. The highest BCUT2D eigenvalue weighted by molar-refractivity contribution is 6.34. The lowest BCUT2D eigenvalue weighted by atomic mass is 10.2. The van der Waals surface area contributed by atoms with E-state index in [0.29, 0.717) is 4.68 Å². The molecule has 0 aliphatic rings. The van der Waals surface area contributed by atoms with E-state index < -0.39 is 11.5 Å². The maximum Gasteiger partial charge on any atom is 0.333 e. The molecule has 16 heavy (non-hydrogen) atoms. The third-order valence-electron chi connectivity index (χ3n) is 2.04. The Bertz CT molecular complexity index is 570. The van der Waals surface area contributed by atoms with Crippen molar-refractivity contribution in [1.82, 2.24) is 9.78 Å². The van der Waals surface area contributed by atoms with Gasteiger partial charge in [0.2, 0.25) is 0 Å². The second-order valence-electron chi connectivity index (χ2n) is 2.97. The molecule has 0 aliphatic heterocycles. The lowest BCUT2D eigenvalue weighted by Gasteiger charge is -1.99. The van der Waals surface area contributed by atoms with Gasteiger partial charge in [0.25, 0.3) is 5.69 Å². The minimum atomic E-state index is -2.89. The average molecular weight is 248 g/mol. The number of nitro benzene ring substituents is 1. The van der Waals surface area contributed by atoms with Crippen molar-refractivity contribution in [2.75, 3.05) is 0 Å². The summed E-state index contributed by atoms with van der Waals surface area (Å²) in [6.07, 6.45) is 0. The summed E-state index contributed by atoms with van der Waals surface area (Å²) in [5.74, 6) is 0. The van der Waals surface area contributed by atoms with Crippen molar-refractivity contribution in [3.63, 3.8) is 0 Å². The Morgan fingerprint density at radius 2 is 2.19 bits per heavy atom. The molecule has 0 radical (unpaired) electrons. The molecular formula is C8H4ClF2N3O2. The molecule has 0 unspecified atom stereocenters. The zero-order chi connectivity index (χ0) is 11.9. The maximum atomic E-state index is 12.5. The molecule has 1 heterocycles. The monoisotopic (exact) mass is 247 g/mol. The first-order valence-electron chi connectivity index (χ1n) is 4.11. The fraction of sp³-hybridized carbons (Fsp3) is 0.125. The van der Waals surface area contributed by atoms with E-state index in [2.05, 4.69) is 5.10 Å². The number of rotatable bonds is 2. The van der Waals surface area contributed by atoms with Crippen LogP contribution < -0.4 is 0 Å². The summed E-state index contributed by atoms with van der Waals surface area (Å²) < 4.78 is 25.4. The first-order chi connectivity index (χ1) is 7.50. The molecule has 2 aromatic rings. The minimum Gasteiger partial charge on any atom is -0.258 e. The van der Waals surface area contributed by atoms with Crippen LogP contribution in [0.3, 0.4) is 0 Å².